The monoisotopic (exact) mass is 324 g/mol. The molecule has 126 valence electrons. The Kier molecular flexibility index (Phi) is 4.69. The van der Waals surface area contributed by atoms with E-state index >= 15 is 0 Å². The van der Waals surface area contributed by atoms with Crippen molar-refractivity contribution in [3.8, 4) is 0 Å². The van der Waals surface area contributed by atoms with Crippen molar-refractivity contribution in [1.82, 2.24) is 14.9 Å². The van der Waals surface area contributed by atoms with E-state index in [1.165, 1.54) is 16.7 Å². The van der Waals surface area contributed by atoms with Crippen LogP contribution in [-0.4, -0.2) is 29.6 Å². The number of amides is 1. The molecule has 1 aliphatic rings. The maximum atomic E-state index is 12.1. The van der Waals surface area contributed by atoms with Crippen LogP contribution < -0.4 is 10.6 Å². The minimum atomic E-state index is -0.116. The van der Waals surface area contributed by atoms with Gasteiger partial charge in [0.25, 0.3) is 5.91 Å². The number of hydrogen-bond donors (Lipinski definition) is 2. The van der Waals surface area contributed by atoms with E-state index in [0.717, 1.165) is 19.4 Å². The predicted molar refractivity (Wildman–Crippen MR) is 96.2 cm³/mol. The molecule has 5 heteroatoms. The Hall–Kier alpha value is -2.56. The van der Waals surface area contributed by atoms with E-state index in [1.807, 2.05) is 4.57 Å². The van der Waals surface area contributed by atoms with Crippen LogP contribution in [0.2, 0.25) is 0 Å². The number of allylic oxidation sites excluding steroid dienone is 2. The number of benzene rings is 1. The lowest BCUT2D eigenvalue weighted by atomic mass is 10.0. The summed E-state index contributed by atoms with van der Waals surface area (Å²) in [5.41, 5.74) is 4.65. The average Bonchev–Trinajstić information content (AvgIpc) is 3.21. The second-order valence-corrected chi connectivity index (χ2v) is 6.27. The maximum absolute atomic E-state index is 12.1. The highest BCUT2D eigenvalue weighted by molar-refractivity contribution is 5.97. The minimum absolute atomic E-state index is 0.116. The molecule has 0 fully saturated rings. The van der Waals surface area contributed by atoms with Gasteiger partial charge in [0.2, 0.25) is 0 Å². The Morgan fingerprint density at radius 2 is 2.00 bits per heavy atom. The van der Waals surface area contributed by atoms with Crippen LogP contribution in [0, 0.1) is 12.8 Å². The summed E-state index contributed by atoms with van der Waals surface area (Å²) in [6.07, 6.45) is 6.23. The standard InChI is InChI=1S/C19H24N4O/c1-13-4-6-14(7-5-13)8-9-15-10-16(15)11-23-12-22-18(20-2)17(23)19(24)21-3/h4-7,10,12,15,20H,8-9,11H2,1-3H3,(H,21,24). The van der Waals surface area contributed by atoms with Gasteiger partial charge in [-0.25, -0.2) is 4.98 Å². The van der Waals surface area contributed by atoms with Crippen LogP contribution >= 0.6 is 0 Å². The highest BCUT2D eigenvalue weighted by Gasteiger charge is 2.26. The molecule has 1 aromatic heterocycles. The molecule has 2 aromatic rings. The van der Waals surface area contributed by atoms with E-state index in [-0.39, 0.29) is 5.91 Å². The van der Waals surface area contributed by atoms with Gasteiger partial charge in [-0.15, -0.1) is 0 Å². The topological polar surface area (TPSA) is 59.0 Å². The molecule has 3 rings (SSSR count). The highest BCUT2D eigenvalue weighted by atomic mass is 16.1. The van der Waals surface area contributed by atoms with Crippen molar-refractivity contribution in [2.75, 3.05) is 19.4 Å². The van der Waals surface area contributed by atoms with Gasteiger partial charge in [0.15, 0.2) is 11.5 Å². The van der Waals surface area contributed by atoms with Gasteiger partial charge in [-0.1, -0.05) is 35.9 Å². The number of aryl methyl sites for hydroxylation is 2. The molecule has 0 saturated carbocycles. The predicted octanol–water partition coefficient (Wildman–Crippen LogP) is 2.78. The summed E-state index contributed by atoms with van der Waals surface area (Å²) in [6, 6.07) is 8.74. The van der Waals surface area contributed by atoms with E-state index in [4.69, 9.17) is 0 Å². The number of carbonyl (C=O) groups is 1. The molecule has 1 aromatic carbocycles. The summed E-state index contributed by atoms with van der Waals surface area (Å²) in [5, 5.41) is 5.65. The first kappa shape index (κ1) is 16.3. The Labute approximate surface area is 142 Å². The Morgan fingerprint density at radius 3 is 2.67 bits per heavy atom. The summed E-state index contributed by atoms with van der Waals surface area (Å²) in [6.45, 7) is 2.84. The molecule has 1 heterocycles. The smallest absolute Gasteiger partial charge is 0.271 e. The van der Waals surface area contributed by atoms with Gasteiger partial charge >= 0.3 is 0 Å². The molecule has 1 aliphatic carbocycles. The number of nitrogens with zero attached hydrogens (tertiary/aromatic N) is 2. The van der Waals surface area contributed by atoms with Crippen molar-refractivity contribution in [2.45, 2.75) is 26.3 Å². The molecule has 1 amide bonds. The van der Waals surface area contributed by atoms with Crippen LogP contribution in [0.5, 0.6) is 0 Å². The molecule has 1 atom stereocenters. The minimum Gasteiger partial charge on any atom is -0.371 e. The lowest BCUT2D eigenvalue weighted by Gasteiger charge is -2.08. The number of aromatic nitrogens is 2. The molecule has 0 bridgehead atoms. The molecule has 0 aliphatic heterocycles. The molecule has 0 spiro atoms. The summed E-state index contributed by atoms with van der Waals surface area (Å²) in [7, 11) is 3.42. The second kappa shape index (κ2) is 6.91. The van der Waals surface area contributed by atoms with E-state index in [1.54, 1.807) is 20.4 Å². The van der Waals surface area contributed by atoms with Crippen LogP contribution in [0.25, 0.3) is 0 Å². The fraction of sp³-hybridized carbons (Fsp3) is 0.368. The normalized spacial score (nSPS) is 15.8. The average molecular weight is 324 g/mol. The number of rotatable bonds is 7. The lowest BCUT2D eigenvalue weighted by Crippen LogP contribution is -2.22. The molecular formula is C19H24N4O. The van der Waals surface area contributed by atoms with Crippen LogP contribution in [0.1, 0.15) is 28.0 Å². The van der Waals surface area contributed by atoms with Crippen molar-refractivity contribution >= 4 is 11.7 Å². The largest absolute Gasteiger partial charge is 0.371 e. The zero-order valence-electron chi connectivity index (χ0n) is 14.5. The molecule has 1 unspecified atom stereocenters. The van der Waals surface area contributed by atoms with Crippen molar-refractivity contribution < 1.29 is 4.79 Å². The van der Waals surface area contributed by atoms with E-state index < -0.39 is 0 Å². The van der Waals surface area contributed by atoms with Gasteiger partial charge < -0.3 is 15.2 Å². The van der Waals surface area contributed by atoms with Crippen LogP contribution in [0.3, 0.4) is 0 Å². The van der Waals surface area contributed by atoms with Gasteiger partial charge in [-0.3, -0.25) is 4.79 Å². The highest BCUT2D eigenvalue weighted by Crippen LogP contribution is 2.35. The van der Waals surface area contributed by atoms with Crippen molar-refractivity contribution in [3.63, 3.8) is 0 Å². The van der Waals surface area contributed by atoms with Crippen molar-refractivity contribution in [1.29, 1.82) is 0 Å². The second-order valence-electron chi connectivity index (χ2n) is 6.27. The molecule has 0 saturated heterocycles. The summed E-state index contributed by atoms with van der Waals surface area (Å²) >= 11 is 0. The van der Waals surface area contributed by atoms with E-state index in [0.29, 0.717) is 17.4 Å². The van der Waals surface area contributed by atoms with Crippen molar-refractivity contribution in [2.24, 2.45) is 5.92 Å². The summed E-state index contributed by atoms with van der Waals surface area (Å²) < 4.78 is 1.92. The third-order valence-corrected chi connectivity index (χ3v) is 4.52. The maximum Gasteiger partial charge on any atom is 0.271 e. The van der Waals surface area contributed by atoms with E-state index in [2.05, 4.69) is 52.9 Å². The van der Waals surface area contributed by atoms with Gasteiger partial charge in [0, 0.05) is 26.6 Å². The number of nitrogens with one attached hydrogen (secondary N) is 2. The molecule has 24 heavy (non-hydrogen) atoms. The van der Waals surface area contributed by atoms with Crippen LogP contribution in [-0.2, 0) is 13.0 Å². The Balaban J connectivity index is 1.57. The third-order valence-electron chi connectivity index (χ3n) is 4.52. The quantitative estimate of drug-likeness (QED) is 0.770. The third kappa shape index (κ3) is 3.50. The lowest BCUT2D eigenvalue weighted by molar-refractivity contribution is 0.0955. The first-order chi connectivity index (χ1) is 11.6. The number of imidazole rings is 1. The first-order valence-corrected chi connectivity index (χ1v) is 8.33. The molecule has 2 N–H and O–H groups in total. The zero-order chi connectivity index (χ0) is 17.1. The van der Waals surface area contributed by atoms with Gasteiger partial charge in [-0.2, -0.15) is 0 Å². The Morgan fingerprint density at radius 1 is 1.25 bits per heavy atom. The van der Waals surface area contributed by atoms with Crippen LogP contribution in [0.15, 0.2) is 42.2 Å². The number of anilines is 1. The zero-order valence-corrected chi connectivity index (χ0v) is 14.5. The number of hydrogen-bond acceptors (Lipinski definition) is 3. The fourth-order valence-corrected chi connectivity index (χ4v) is 2.96. The summed E-state index contributed by atoms with van der Waals surface area (Å²) in [5.74, 6) is 1.05. The molecule has 0 radical (unpaired) electrons. The first-order valence-electron chi connectivity index (χ1n) is 8.33. The molecular weight excluding hydrogens is 300 g/mol. The fourth-order valence-electron chi connectivity index (χ4n) is 2.96. The van der Waals surface area contributed by atoms with Crippen molar-refractivity contribution in [3.05, 3.63) is 59.1 Å². The Bertz CT molecular complexity index is 758. The molecule has 5 nitrogen and oxygen atoms in total. The van der Waals surface area contributed by atoms with E-state index in [9.17, 15) is 4.79 Å². The van der Waals surface area contributed by atoms with Gasteiger partial charge in [0.05, 0.1) is 6.33 Å². The van der Waals surface area contributed by atoms with Gasteiger partial charge in [-0.05, 0) is 30.9 Å². The van der Waals surface area contributed by atoms with Crippen LogP contribution in [0.4, 0.5) is 5.82 Å². The SMILES string of the molecule is CNC(=O)c1c(NC)ncn1CC1=CC1CCc1ccc(C)cc1. The number of carbonyl (C=O) groups excluding carboxylic acids is 1. The van der Waals surface area contributed by atoms with Gasteiger partial charge in [0.1, 0.15) is 0 Å². The summed E-state index contributed by atoms with van der Waals surface area (Å²) in [4.78, 5) is 16.3.